The molecule has 0 atom stereocenters. The first-order valence-electron chi connectivity index (χ1n) is 12.2. The first-order chi connectivity index (χ1) is 17.8. The van der Waals surface area contributed by atoms with Crippen molar-refractivity contribution in [3.05, 3.63) is 44.6 Å². The zero-order valence-corrected chi connectivity index (χ0v) is 22.4. The monoisotopic (exact) mass is 539 g/mol. The standard InChI is InChI=1S/C25H35F2N5O6/c1-7-37-18-10-16(8-9-17(18)38-24(26)27)23(35)30(6)13-19(33)31(11-14(2)3)20-21(28)32(12-15(4)5)25(36)29-22(20)34/h8-10,14-15,24H,7,11-13,28H2,1-6H3,(H,29,34,36). The molecule has 0 aliphatic heterocycles. The molecule has 0 saturated heterocycles. The molecule has 0 fully saturated rings. The molecule has 13 heteroatoms. The molecule has 2 amide bonds. The Hall–Kier alpha value is -3.90. The fourth-order valence-electron chi connectivity index (χ4n) is 3.75. The summed E-state index contributed by atoms with van der Waals surface area (Å²) in [6.45, 7) is 6.02. The molecule has 3 N–H and O–H groups in total. The Labute approximate surface area is 219 Å². The molecule has 2 aromatic rings. The zero-order chi connectivity index (χ0) is 28.7. The van der Waals surface area contributed by atoms with Crippen LogP contribution in [0.4, 0.5) is 20.3 Å². The van der Waals surface area contributed by atoms with Crippen molar-refractivity contribution in [3.63, 3.8) is 0 Å². The summed E-state index contributed by atoms with van der Waals surface area (Å²) in [4.78, 5) is 56.1. The molecule has 0 aliphatic rings. The summed E-state index contributed by atoms with van der Waals surface area (Å²) >= 11 is 0. The summed E-state index contributed by atoms with van der Waals surface area (Å²) in [5, 5.41) is 0. The number of aromatic amines is 1. The van der Waals surface area contributed by atoms with E-state index in [4.69, 9.17) is 10.5 Å². The average Bonchev–Trinajstić information content (AvgIpc) is 2.81. The van der Waals surface area contributed by atoms with E-state index in [1.54, 1.807) is 6.92 Å². The van der Waals surface area contributed by atoms with E-state index in [-0.39, 0.29) is 60.1 Å². The summed E-state index contributed by atoms with van der Waals surface area (Å²) < 4.78 is 36.3. The molecule has 11 nitrogen and oxygen atoms in total. The minimum absolute atomic E-state index is 0.0332. The van der Waals surface area contributed by atoms with Crippen molar-refractivity contribution in [2.45, 2.75) is 47.8 Å². The SMILES string of the molecule is CCOc1cc(C(=O)N(C)CC(=O)N(CC(C)C)c2c(N)n(CC(C)C)c(=O)[nH]c2=O)ccc1OC(F)F. The Balaban J connectivity index is 2.39. The summed E-state index contributed by atoms with van der Waals surface area (Å²) in [5.41, 5.74) is 4.62. The van der Waals surface area contributed by atoms with E-state index < -0.39 is 36.2 Å². The number of aromatic nitrogens is 2. The van der Waals surface area contributed by atoms with Gasteiger partial charge in [0.05, 0.1) is 6.61 Å². The van der Waals surface area contributed by atoms with Crippen LogP contribution in [-0.2, 0) is 11.3 Å². The zero-order valence-electron chi connectivity index (χ0n) is 22.4. The molecule has 1 aromatic heterocycles. The van der Waals surface area contributed by atoms with Crippen molar-refractivity contribution in [3.8, 4) is 11.5 Å². The number of likely N-dealkylation sites (N-methyl/N-ethyl adjacent to an activating group) is 1. The molecular formula is C25H35F2N5O6. The lowest BCUT2D eigenvalue weighted by molar-refractivity contribution is -0.119. The number of alkyl halides is 2. The topological polar surface area (TPSA) is 140 Å². The highest BCUT2D eigenvalue weighted by Crippen LogP contribution is 2.30. The van der Waals surface area contributed by atoms with Gasteiger partial charge in [-0.05, 0) is 37.0 Å². The minimum Gasteiger partial charge on any atom is -0.490 e. The highest BCUT2D eigenvalue weighted by atomic mass is 19.3. The molecule has 38 heavy (non-hydrogen) atoms. The van der Waals surface area contributed by atoms with Crippen molar-refractivity contribution in [2.75, 3.05) is 37.4 Å². The molecular weight excluding hydrogens is 504 g/mol. The second kappa shape index (κ2) is 13.1. The Bertz CT molecular complexity index is 1260. The van der Waals surface area contributed by atoms with Crippen molar-refractivity contribution in [2.24, 2.45) is 11.8 Å². The van der Waals surface area contributed by atoms with Crippen LogP contribution in [0.5, 0.6) is 11.5 Å². The number of nitrogens with zero attached hydrogens (tertiary/aromatic N) is 3. The predicted octanol–water partition coefficient (Wildman–Crippen LogP) is 2.54. The second-order valence-electron chi connectivity index (χ2n) is 9.53. The summed E-state index contributed by atoms with van der Waals surface area (Å²) in [5.74, 6) is -1.68. The summed E-state index contributed by atoms with van der Waals surface area (Å²) in [6.07, 6.45) is 0. The number of halogens is 2. The highest BCUT2D eigenvalue weighted by molar-refractivity contribution is 6.01. The number of carbonyl (C=O) groups excluding carboxylic acids is 2. The van der Waals surface area contributed by atoms with Crippen molar-refractivity contribution >= 4 is 23.3 Å². The van der Waals surface area contributed by atoms with Gasteiger partial charge in [0.15, 0.2) is 17.2 Å². The van der Waals surface area contributed by atoms with Crippen molar-refractivity contribution in [1.29, 1.82) is 0 Å². The maximum atomic E-state index is 13.4. The smallest absolute Gasteiger partial charge is 0.387 e. The van der Waals surface area contributed by atoms with E-state index in [0.29, 0.717) is 0 Å². The fraction of sp³-hybridized carbons (Fsp3) is 0.520. The van der Waals surface area contributed by atoms with Gasteiger partial charge in [0, 0.05) is 25.7 Å². The summed E-state index contributed by atoms with van der Waals surface area (Å²) in [7, 11) is 1.38. The highest BCUT2D eigenvalue weighted by Gasteiger charge is 2.27. The Morgan fingerprint density at radius 3 is 2.32 bits per heavy atom. The molecule has 2 rings (SSSR count). The van der Waals surface area contributed by atoms with Gasteiger partial charge in [-0.15, -0.1) is 0 Å². The quantitative estimate of drug-likeness (QED) is 0.422. The maximum Gasteiger partial charge on any atom is 0.387 e. The number of anilines is 2. The van der Waals surface area contributed by atoms with Crippen LogP contribution in [0, 0.1) is 11.8 Å². The van der Waals surface area contributed by atoms with E-state index in [9.17, 15) is 28.0 Å². The number of amides is 2. The third kappa shape index (κ3) is 7.56. The van der Waals surface area contributed by atoms with Crippen LogP contribution in [-0.4, -0.2) is 59.6 Å². The van der Waals surface area contributed by atoms with Crippen LogP contribution < -0.4 is 31.4 Å². The molecule has 0 bridgehead atoms. The lowest BCUT2D eigenvalue weighted by Crippen LogP contribution is -2.47. The summed E-state index contributed by atoms with van der Waals surface area (Å²) in [6, 6.07) is 3.71. The molecule has 1 heterocycles. The first kappa shape index (κ1) is 30.3. The molecule has 0 unspecified atom stereocenters. The molecule has 0 spiro atoms. The number of benzene rings is 1. The molecule has 0 radical (unpaired) electrons. The van der Waals surface area contributed by atoms with Crippen LogP contribution in [0.15, 0.2) is 27.8 Å². The molecule has 210 valence electrons. The normalized spacial score (nSPS) is 11.2. The van der Waals surface area contributed by atoms with Gasteiger partial charge in [0.1, 0.15) is 12.4 Å². The van der Waals surface area contributed by atoms with E-state index in [0.717, 1.165) is 4.90 Å². The van der Waals surface area contributed by atoms with Gasteiger partial charge in [-0.2, -0.15) is 8.78 Å². The van der Waals surface area contributed by atoms with Gasteiger partial charge < -0.3 is 25.0 Å². The average molecular weight is 540 g/mol. The van der Waals surface area contributed by atoms with E-state index >= 15 is 0 Å². The van der Waals surface area contributed by atoms with Gasteiger partial charge in [0.2, 0.25) is 5.91 Å². The number of carbonyl (C=O) groups is 2. The van der Waals surface area contributed by atoms with Gasteiger partial charge >= 0.3 is 12.3 Å². The van der Waals surface area contributed by atoms with Gasteiger partial charge in [-0.25, -0.2) is 4.79 Å². The fourth-order valence-corrected chi connectivity index (χ4v) is 3.75. The Morgan fingerprint density at radius 2 is 1.76 bits per heavy atom. The minimum atomic E-state index is -3.08. The van der Waals surface area contributed by atoms with Gasteiger partial charge in [-0.3, -0.25) is 23.9 Å². The number of nitrogen functional groups attached to an aromatic ring is 1. The van der Waals surface area contributed by atoms with E-state index in [1.807, 2.05) is 27.7 Å². The number of hydrogen-bond donors (Lipinski definition) is 2. The number of hydrogen-bond acceptors (Lipinski definition) is 7. The largest absolute Gasteiger partial charge is 0.490 e. The van der Waals surface area contributed by atoms with Crippen LogP contribution >= 0.6 is 0 Å². The predicted molar refractivity (Wildman–Crippen MR) is 139 cm³/mol. The van der Waals surface area contributed by atoms with E-state index in [1.165, 1.54) is 34.7 Å². The maximum absolute atomic E-state index is 13.4. The van der Waals surface area contributed by atoms with Gasteiger partial charge in [0.25, 0.3) is 11.5 Å². The number of nitrogens with one attached hydrogen (secondary N) is 1. The molecule has 0 saturated carbocycles. The lowest BCUT2D eigenvalue weighted by atomic mass is 10.1. The third-order valence-electron chi connectivity index (χ3n) is 5.31. The molecule has 1 aromatic carbocycles. The van der Waals surface area contributed by atoms with Crippen LogP contribution in [0.2, 0.25) is 0 Å². The first-order valence-corrected chi connectivity index (χ1v) is 12.2. The number of ether oxygens (including phenoxy) is 2. The number of H-pyrrole nitrogens is 1. The van der Waals surface area contributed by atoms with Crippen LogP contribution in [0.1, 0.15) is 45.0 Å². The van der Waals surface area contributed by atoms with Crippen molar-refractivity contribution in [1.82, 2.24) is 14.5 Å². The third-order valence-corrected chi connectivity index (χ3v) is 5.31. The van der Waals surface area contributed by atoms with Crippen LogP contribution in [0.25, 0.3) is 0 Å². The molecule has 0 aliphatic carbocycles. The number of nitrogens with two attached hydrogens (primary N) is 1. The van der Waals surface area contributed by atoms with Crippen molar-refractivity contribution < 1.29 is 27.8 Å². The number of rotatable bonds is 12. The van der Waals surface area contributed by atoms with Gasteiger partial charge in [-0.1, -0.05) is 27.7 Å². The van der Waals surface area contributed by atoms with Crippen LogP contribution in [0.3, 0.4) is 0 Å². The second-order valence-corrected chi connectivity index (χ2v) is 9.53. The lowest BCUT2D eigenvalue weighted by Gasteiger charge is -2.28. The Kier molecular flexibility index (Phi) is 10.4. The Morgan fingerprint density at radius 1 is 1.11 bits per heavy atom. The van der Waals surface area contributed by atoms with E-state index in [2.05, 4.69) is 9.72 Å².